The molecule has 0 amide bonds. The molecular formula is C11H13BrN4. The fourth-order valence-corrected chi connectivity index (χ4v) is 1.32. The van der Waals surface area contributed by atoms with Gasteiger partial charge in [-0.2, -0.15) is 0 Å². The van der Waals surface area contributed by atoms with Crippen LogP contribution in [0.3, 0.4) is 0 Å². The maximum Gasteiger partial charge on any atom is 0.0524 e. The van der Waals surface area contributed by atoms with E-state index in [4.69, 9.17) is 5.73 Å². The third kappa shape index (κ3) is 4.75. The Morgan fingerprint density at radius 1 is 1.25 bits per heavy atom. The van der Waals surface area contributed by atoms with Crippen molar-refractivity contribution in [2.45, 2.75) is 0 Å². The number of rotatable bonds is 1. The number of nitrogen functional groups attached to an aromatic ring is 1. The van der Waals surface area contributed by atoms with E-state index in [9.17, 15) is 0 Å². The first-order valence-corrected chi connectivity index (χ1v) is 5.45. The minimum absolute atomic E-state index is 0.680. The lowest BCUT2D eigenvalue weighted by Gasteiger charge is -1.93. The average molecular weight is 281 g/mol. The van der Waals surface area contributed by atoms with Gasteiger partial charge in [-0.15, -0.1) is 0 Å². The van der Waals surface area contributed by atoms with Crippen LogP contribution in [0.15, 0.2) is 47.5 Å². The Hall–Kier alpha value is -1.62. The summed E-state index contributed by atoms with van der Waals surface area (Å²) in [5.41, 5.74) is 7.09. The first-order valence-electron chi connectivity index (χ1n) is 4.66. The third-order valence-electron chi connectivity index (χ3n) is 1.68. The van der Waals surface area contributed by atoms with Crippen LogP contribution in [-0.2, 0) is 0 Å². The van der Waals surface area contributed by atoms with Crippen LogP contribution in [0.4, 0.5) is 11.4 Å². The van der Waals surface area contributed by atoms with Crippen LogP contribution in [0.1, 0.15) is 0 Å². The van der Waals surface area contributed by atoms with Crippen LogP contribution in [0.25, 0.3) is 0 Å². The Bertz CT molecular complexity index is 402. The number of nitrogens with one attached hydrogen (secondary N) is 1. The summed E-state index contributed by atoms with van der Waals surface area (Å²) in [4.78, 5) is 7.70. The van der Waals surface area contributed by atoms with Crippen LogP contribution >= 0.6 is 15.9 Å². The molecule has 0 fully saturated rings. The number of hydrogen-bond acceptors (Lipinski definition) is 4. The first-order chi connectivity index (χ1) is 7.72. The number of nitrogens with zero attached hydrogens (tertiary/aromatic N) is 2. The highest BCUT2D eigenvalue weighted by molar-refractivity contribution is 9.10. The minimum atomic E-state index is 0.680. The molecule has 3 N–H and O–H groups in total. The first kappa shape index (κ1) is 12.4. The number of pyridine rings is 2. The van der Waals surface area contributed by atoms with Gasteiger partial charge in [0.1, 0.15) is 0 Å². The molecule has 0 saturated carbocycles. The predicted molar refractivity (Wildman–Crippen MR) is 70.1 cm³/mol. The Kier molecular flexibility index (Phi) is 5.28. The summed E-state index contributed by atoms with van der Waals surface area (Å²) >= 11 is 3.22. The van der Waals surface area contributed by atoms with Crippen molar-refractivity contribution in [1.82, 2.24) is 9.97 Å². The average Bonchev–Trinajstić information content (AvgIpc) is 2.31. The van der Waals surface area contributed by atoms with Crippen molar-refractivity contribution in [3.63, 3.8) is 0 Å². The molecule has 16 heavy (non-hydrogen) atoms. The molecule has 0 saturated heterocycles. The highest BCUT2D eigenvalue weighted by Crippen LogP contribution is 2.09. The maximum absolute atomic E-state index is 5.37. The number of halogens is 1. The van der Waals surface area contributed by atoms with E-state index >= 15 is 0 Å². The van der Waals surface area contributed by atoms with Gasteiger partial charge in [0.25, 0.3) is 0 Å². The number of nitrogens with two attached hydrogens (primary N) is 1. The highest BCUT2D eigenvalue weighted by atomic mass is 79.9. The van der Waals surface area contributed by atoms with Gasteiger partial charge >= 0.3 is 0 Å². The van der Waals surface area contributed by atoms with Gasteiger partial charge in [0, 0.05) is 36.3 Å². The van der Waals surface area contributed by atoms with E-state index in [1.54, 1.807) is 30.9 Å². The quantitative estimate of drug-likeness (QED) is 0.843. The van der Waals surface area contributed by atoms with Gasteiger partial charge in [0.05, 0.1) is 11.4 Å². The molecule has 0 aliphatic heterocycles. The molecule has 0 unspecified atom stereocenters. The van der Waals surface area contributed by atoms with Gasteiger partial charge in [0.15, 0.2) is 0 Å². The second kappa shape index (κ2) is 6.79. The van der Waals surface area contributed by atoms with E-state index < -0.39 is 0 Å². The van der Waals surface area contributed by atoms with Gasteiger partial charge in [-0.25, -0.2) is 0 Å². The van der Waals surface area contributed by atoms with Crippen molar-refractivity contribution in [3.05, 3.63) is 47.5 Å². The second-order valence-electron chi connectivity index (χ2n) is 2.93. The molecule has 0 atom stereocenters. The number of hydrogen-bond donors (Lipinski definition) is 2. The molecular weight excluding hydrogens is 268 g/mol. The van der Waals surface area contributed by atoms with Crippen LogP contribution < -0.4 is 11.1 Å². The van der Waals surface area contributed by atoms with Gasteiger partial charge in [-0.05, 0) is 34.1 Å². The third-order valence-corrected chi connectivity index (χ3v) is 2.11. The van der Waals surface area contributed by atoms with Gasteiger partial charge in [-0.3, -0.25) is 9.97 Å². The smallest absolute Gasteiger partial charge is 0.0524 e. The molecule has 0 bridgehead atoms. The molecule has 0 radical (unpaired) electrons. The summed E-state index contributed by atoms with van der Waals surface area (Å²) in [5, 5.41) is 2.96. The van der Waals surface area contributed by atoms with E-state index in [2.05, 4.69) is 31.2 Å². The van der Waals surface area contributed by atoms with E-state index in [0.29, 0.717) is 5.69 Å². The van der Waals surface area contributed by atoms with Crippen LogP contribution in [0.5, 0.6) is 0 Å². The van der Waals surface area contributed by atoms with E-state index in [1.807, 2.05) is 19.2 Å². The molecule has 2 rings (SSSR count). The molecule has 0 aliphatic carbocycles. The highest BCUT2D eigenvalue weighted by Gasteiger charge is 1.84. The van der Waals surface area contributed by atoms with E-state index in [0.717, 1.165) is 10.2 Å². The van der Waals surface area contributed by atoms with Crippen molar-refractivity contribution in [3.8, 4) is 0 Å². The molecule has 0 spiro atoms. The largest absolute Gasteiger partial charge is 0.397 e. The van der Waals surface area contributed by atoms with Crippen molar-refractivity contribution in [1.29, 1.82) is 0 Å². The number of aromatic nitrogens is 2. The second-order valence-corrected chi connectivity index (χ2v) is 3.84. The van der Waals surface area contributed by atoms with E-state index in [1.165, 1.54) is 0 Å². The zero-order valence-corrected chi connectivity index (χ0v) is 10.5. The summed E-state index contributed by atoms with van der Waals surface area (Å²) in [6.45, 7) is 0. The van der Waals surface area contributed by atoms with Crippen LogP contribution in [0, 0.1) is 0 Å². The van der Waals surface area contributed by atoms with Crippen molar-refractivity contribution < 1.29 is 0 Å². The van der Waals surface area contributed by atoms with Crippen molar-refractivity contribution in [2.24, 2.45) is 0 Å². The van der Waals surface area contributed by atoms with Crippen molar-refractivity contribution >= 4 is 27.3 Å². The monoisotopic (exact) mass is 280 g/mol. The van der Waals surface area contributed by atoms with Crippen molar-refractivity contribution in [2.75, 3.05) is 18.1 Å². The maximum atomic E-state index is 5.37. The number of anilines is 2. The molecule has 0 aliphatic rings. The lowest BCUT2D eigenvalue weighted by atomic mass is 10.4. The van der Waals surface area contributed by atoms with Crippen LogP contribution in [-0.4, -0.2) is 17.0 Å². The van der Waals surface area contributed by atoms with Gasteiger partial charge in [-0.1, -0.05) is 0 Å². The Morgan fingerprint density at radius 3 is 2.44 bits per heavy atom. The Balaban J connectivity index is 0.000000160. The topological polar surface area (TPSA) is 63.8 Å². The minimum Gasteiger partial charge on any atom is -0.397 e. The fraction of sp³-hybridized carbons (Fsp3) is 0.0909. The van der Waals surface area contributed by atoms with Gasteiger partial charge < -0.3 is 11.1 Å². The summed E-state index contributed by atoms with van der Waals surface area (Å²) in [6, 6.07) is 5.66. The molecule has 84 valence electrons. The summed E-state index contributed by atoms with van der Waals surface area (Å²) < 4.78 is 0.914. The zero-order valence-electron chi connectivity index (χ0n) is 8.89. The molecule has 2 heterocycles. The Morgan fingerprint density at radius 2 is 2.06 bits per heavy atom. The zero-order chi connectivity index (χ0) is 11.8. The Labute approximate surface area is 103 Å². The van der Waals surface area contributed by atoms with Gasteiger partial charge in [0.2, 0.25) is 0 Å². The summed E-state index contributed by atoms with van der Waals surface area (Å²) in [5.74, 6) is 0. The van der Waals surface area contributed by atoms with Crippen LogP contribution in [0.2, 0.25) is 0 Å². The lowest BCUT2D eigenvalue weighted by molar-refractivity contribution is 1.31. The lowest BCUT2D eigenvalue weighted by Crippen LogP contribution is -1.86. The summed E-state index contributed by atoms with van der Waals surface area (Å²) in [6.07, 6.45) is 6.82. The summed E-state index contributed by atoms with van der Waals surface area (Å²) in [7, 11) is 1.87. The molecule has 2 aromatic heterocycles. The molecule has 5 heteroatoms. The standard InChI is InChI=1S/C6H8N2.C5H5BrN2/c1-7-6-3-2-4-8-5-6;6-4-1-5(7)3-8-2-4/h2-5,7H,1H3;1-3H,7H2. The van der Waals surface area contributed by atoms with E-state index in [-0.39, 0.29) is 0 Å². The molecule has 4 nitrogen and oxygen atoms in total. The molecule has 0 aromatic carbocycles. The SMILES string of the molecule is CNc1cccnc1.Nc1cncc(Br)c1. The normalized spacial score (nSPS) is 8.88. The fourth-order valence-electron chi connectivity index (χ4n) is 0.939. The predicted octanol–water partition coefficient (Wildman–Crippen LogP) is 2.55. The molecule has 2 aromatic rings.